The largest absolute Gasteiger partial charge is 0.493 e. The van der Waals surface area contributed by atoms with E-state index in [9.17, 15) is 0 Å². The van der Waals surface area contributed by atoms with E-state index in [0.717, 1.165) is 32.0 Å². The maximum absolute atomic E-state index is 5.92. The smallest absolute Gasteiger partial charge is 0.265 e. The van der Waals surface area contributed by atoms with E-state index in [-0.39, 0.29) is 0 Å². The molecule has 9 heteroatoms. The molecule has 2 N–H and O–H groups in total. The van der Waals surface area contributed by atoms with E-state index in [2.05, 4.69) is 46.6 Å². The molecule has 0 unspecified atom stereocenters. The Morgan fingerprint density at radius 2 is 1.88 bits per heavy atom. The molecule has 0 aliphatic heterocycles. The van der Waals surface area contributed by atoms with Gasteiger partial charge in [0.2, 0.25) is 0 Å². The minimum Gasteiger partial charge on any atom is -0.493 e. The third-order valence-corrected chi connectivity index (χ3v) is 5.52. The maximum Gasteiger partial charge on any atom is 0.265 e. The molecule has 8 nitrogen and oxygen atoms in total. The van der Waals surface area contributed by atoms with E-state index < -0.39 is 0 Å². The molecule has 0 saturated carbocycles. The number of ether oxygens (including phenoxy) is 2. The van der Waals surface area contributed by atoms with Gasteiger partial charge in [-0.15, -0.1) is 10.2 Å². The summed E-state index contributed by atoms with van der Waals surface area (Å²) in [5.74, 6) is 1.57. The van der Waals surface area contributed by atoms with Gasteiger partial charge in [0.1, 0.15) is 12.1 Å². The van der Waals surface area contributed by atoms with Crippen LogP contribution in [0.25, 0.3) is 22.1 Å². The second-order valence-electron chi connectivity index (χ2n) is 7.20. The Morgan fingerprint density at radius 1 is 1.03 bits per heavy atom. The molecule has 0 saturated heterocycles. The Balaban J connectivity index is 1.27. The van der Waals surface area contributed by atoms with E-state index in [1.807, 2.05) is 66.7 Å². The Kier molecular flexibility index (Phi) is 5.86. The van der Waals surface area contributed by atoms with Crippen molar-refractivity contribution in [3.8, 4) is 11.5 Å². The summed E-state index contributed by atoms with van der Waals surface area (Å²) in [6, 6.07) is 21.5. The maximum atomic E-state index is 5.92. The van der Waals surface area contributed by atoms with Crippen LogP contribution in [0.3, 0.4) is 0 Å². The SMILES string of the molecule is COc1cc(/C=N/Nc2nnc3c(n2)[nH]c2ccccc23)ccc1OCc1ccc(Br)cc1. The molecule has 2 aromatic heterocycles. The molecule has 0 aliphatic rings. The number of H-pyrrole nitrogens is 1. The number of anilines is 1. The molecule has 0 spiro atoms. The molecule has 0 amide bonds. The van der Waals surface area contributed by atoms with Gasteiger partial charge in [0.05, 0.1) is 13.3 Å². The second kappa shape index (κ2) is 9.25. The predicted molar refractivity (Wildman–Crippen MR) is 132 cm³/mol. The van der Waals surface area contributed by atoms with E-state index in [4.69, 9.17) is 9.47 Å². The number of fused-ring (bicyclic) bond motifs is 3. The summed E-state index contributed by atoms with van der Waals surface area (Å²) in [5, 5.41) is 13.6. The zero-order valence-corrected chi connectivity index (χ0v) is 19.2. The lowest BCUT2D eigenvalue weighted by atomic mass is 10.2. The van der Waals surface area contributed by atoms with Crippen LogP contribution in [0.1, 0.15) is 11.1 Å². The van der Waals surface area contributed by atoms with Gasteiger partial charge in [-0.05, 0) is 47.5 Å². The van der Waals surface area contributed by atoms with Crippen LogP contribution in [0, 0.1) is 0 Å². The van der Waals surface area contributed by atoms with Crippen molar-refractivity contribution in [2.45, 2.75) is 6.61 Å². The van der Waals surface area contributed by atoms with Gasteiger partial charge < -0.3 is 14.5 Å². The molecule has 164 valence electrons. The Hall–Kier alpha value is -3.98. The first kappa shape index (κ1) is 20.9. The molecule has 0 radical (unpaired) electrons. The topological polar surface area (TPSA) is 97.3 Å². The number of hydrogen-bond donors (Lipinski definition) is 2. The van der Waals surface area contributed by atoms with Crippen LogP contribution in [0.2, 0.25) is 0 Å². The lowest BCUT2D eigenvalue weighted by Gasteiger charge is -2.11. The van der Waals surface area contributed by atoms with Crippen molar-refractivity contribution in [1.29, 1.82) is 0 Å². The average Bonchev–Trinajstić information content (AvgIpc) is 3.22. The lowest BCUT2D eigenvalue weighted by Crippen LogP contribution is -2.00. The average molecular weight is 503 g/mol. The third-order valence-electron chi connectivity index (χ3n) is 5.00. The normalized spacial score (nSPS) is 11.3. The number of benzene rings is 3. The predicted octanol–water partition coefficient (Wildman–Crippen LogP) is 5.30. The van der Waals surface area contributed by atoms with E-state index in [1.165, 1.54) is 0 Å². The van der Waals surface area contributed by atoms with Crippen LogP contribution in [-0.4, -0.2) is 33.5 Å². The lowest BCUT2D eigenvalue weighted by molar-refractivity contribution is 0.284. The van der Waals surface area contributed by atoms with Crippen LogP contribution in [-0.2, 0) is 6.61 Å². The van der Waals surface area contributed by atoms with Crippen molar-refractivity contribution in [2.24, 2.45) is 5.10 Å². The summed E-state index contributed by atoms with van der Waals surface area (Å²) < 4.78 is 12.4. The molecular formula is C24H19BrN6O2. The summed E-state index contributed by atoms with van der Waals surface area (Å²) >= 11 is 3.43. The zero-order chi connectivity index (χ0) is 22.6. The monoisotopic (exact) mass is 502 g/mol. The van der Waals surface area contributed by atoms with Crippen LogP contribution in [0.5, 0.6) is 11.5 Å². The first-order chi connectivity index (χ1) is 16.2. The summed E-state index contributed by atoms with van der Waals surface area (Å²) in [6.07, 6.45) is 1.65. The molecule has 0 bridgehead atoms. The number of nitrogens with zero attached hydrogens (tertiary/aromatic N) is 4. The highest BCUT2D eigenvalue weighted by molar-refractivity contribution is 9.10. The number of aromatic nitrogens is 4. The fraction of sp³-hybridized carbons (Fsp3) is 0.0833. The fourth-order valence-electron chi connectivity index (χ4n) is 3.36. The molecular weight excluding hydrogens is 484 g/mol. The first-order valence-corrected chi connectivity index (χ1v) is 10.9. The Labute approximate surface area is 197 Å². The van der Waals surface area contributed by atoms with Crippen LogP contribution in [0.4, 0.5) is 5.95 Å². The quantitative estimate of drug-likeness (QED) is 0.231. The van der Waals surface area contributed by atoms with Crippen molar-refractivity contribution in [3.05, 3.63) is 82.3 Å². The number of halogens is 1. The molecule has 0 fully saturated rings. The van der Waals surface area contributed by atoms with Crippen molar-refractivity contribution in [1.82, 2.24) is 20.2 Å². The van der Waals surface area contributed by atoms with E-state index >= 15 is 0 Å². The minimum atomic E-state index is 0.298. The summed E-state index contributed by atoms with van der Waals surface area (Å²) in [5.41, 5.74) is 7.05. The van der Waals surface area contributed by atoms with Crippen LogP contribution >= 0.6 is 15.9 Å². The van der Waals surface area contributed by atoms with Gasteiger partial charge in [-0.3, -0.25) is 0 Å². The number of methoxy groups -OCH3 is 1. The molecule has 0 atom stereocenters. The third kappa shape index (κ3) is 4.63. The van der Waals surface area contributed by atoms with Gasteiger partial charge in [-0.25, -0.2) is 5.43 Å². The van der Waals surface area contributed by atoms with Gasteiger partial charge in [0.25, 0.3) is 5.95 Å². The molecule has 5 rings (SSSR count). The highest BCUT2D eigenvalue weighted by Crippen LogP contribution is 2.28. The van der Waals surface area contributed by atoms with E-state index in [1.54, 1.807) is 13.3 Å². The van der Waals surface area contributed by atoms with Gasteiger partial charge >= 0.3 is 0 Å². The fourth-order valence-corrected chi connectivity index (χ4v) is 3.62. The van der Waals surface area contributed by atoms with Gasteiger partial charge in [-0.1, -0.05) is 46.3 Å². The van der Waals surface area contributed by atoms with Crippen LogP contribution < -0.4 is 14.9 Å². The number of hydrazone groups is 1. The van der Waals surface area contributed by atoms with Crippen molar-refractivity contribution in [3.63, 3.8) is 0 Å². The number of rotatable bonds is 7. The standard InChI is InChI=1S/C24H19BrN6O2/c1-32-21-12-16(8-11-20(21)33-14-15-6-9-17(25)10-7-15)13-26-30-24-28-23-22(29-31-24)18-4-2-3-5-19(18)27-23/h2-13H,14H2,1H3,(H2,27,28,30,31)/b26-13+. The number of aromatic amines is 1. The highest BCUT2D eigenvalue weighted by atomic mass is 79.9. The number of para-hydroxylation sites is 1. The second-order valence-corrected chi connectivity index (χ2v) is 8.11. The highest BCUT2D eigenvalue weighted by Gasteiger charge is 2.08. The minimum absolute atomic E-state index is 0.298. The van der Waals surface area contributed by atoms with Gasteiger partial charge in [0, 0.05) is 15.4 Å². The van der Waals surface area contributed by atoms with Crippen molar-refractivity contribution < 1.29 is 9.47 Å². The van der Waals surface area contributed by atoms with Gasteiger partial charge in [0.15, 0.2) is 17.1 Å². The molecule has 3 aromatic carbocycles. The zero-order valence-electron chi connectivity index (χ0n) is 17.6. The first-order valence-electron chi connectivity index (χ1n) is 10.1. The Morgan fingerprint density at radius 3 is 2.73 bits per heavy atom. The summed E-state index contributed by atoms with van der Waals surface area (Å²) in [6.45, 7) is 0.444. The summed E-state index contributed by atoms with van der Waals surface area (Å²) in [4.78, 5) is 7.68. The Bertz CT molecular complexity index is 1450. The molecule has 5 aromatic rings. The van der Waals surface area contributed by atoms with Crippen molar-refractivity contribution in [2.75, 3.05) is 12.5 Å². The number of hydrogen-bond acceptors (Lipinski definition) is 7. The molecule has 2 heterocycles. The number of nitrogens with one attached hydrogen (secondary N) is 2. The molecule has 0 aliphatic carbocycles. The molecule has 33 heavy (non-hydrogen) atoms. The van der Waals surface area contributed by atoms with Crippen LogP contribution in [0.15, 0.2) is 76.3 Å². The van der Waals surface area contributed by atoms with E-state index in [0.29, 0.717) is 29.7 Å². The van der Waals surface area contributed by atoms with Crippen molar-refractivity contribution >= 4 is 50.2 Å². The summed E-state index contributed by atoms with van der Waals surface area (Å²) in [7, 11) is 1.61. The van der Waals surface area contributed by atoms with Gasteiger partial charge in [-0.2, -0.15) is 10.1 Å².